The van der Waals surface area contributed by atoms with E-state index in [-0.39, 0.29) is 5.91 Å². The average molecular weight is 277 g/mol. The standard InChI is InChI=1S/C9H13BrN2OS/c1-2-7(11)9(13)12-5-6-3-4-8(10)14-6/h3-4,7H,2,5,11H2,1H3,(H,12,13). The van der Waals surface area contributed by atoms with Crippen LogP contribution in [0.2, 0.25) is 0 Å². The van der Waals surface area contributed by atoms with Crippen LogP contribution in [0.1, 0.15) is 18.2 Å². The van der Waals surface area contributed by atoms with Gasteiger partial charge in [-0.3, -0.25) is 4.79 Å². The zero-order chi connectivity index (χ0) is 10.6. The third-order valence-corrected chi connectivity index (χ3v) is 3.47. The van der Waals surface area contributed by atoms with Crippen molar-refractivity contribution in [2.45, 2.75) is 25.9 Å². The largest absolute Gasteiger partial charge is 0.350 e. The molecule has 1 rings (SSSR count). The fourth-order valence-electron chi connectivity index (χ4n) is 0.937. The molecule has 0 aliphatic rings. The number of amides is 1. The predicted octanol–water partition coefficient (Wildman–Crippen LogP) is 1.86. The van der Waals surface area contributed by atoms with Gasteiger partial charge < -0.3 is 11.1 Å². The Bertz CT molecular complexity index is 314. The van der Waals surface area contributed by atoms with Crippen molar-refractivity contribution in [1.82, 2.24) is 5.32 Å². The van der Waals surface area contributed by atoms with Crippen LogP contribution in [0.5, 0.6) is 0 Å². The Morgan fingerprint density at radius 2 is 2.43 bits per heavy atom. The number of nitrogens with one attached hydrogen (secondary N) is 1. The van der Waals surface area contributed by atoms with Crippen LogP contribution in [0.15, 0.2) is 15.9 Å². The van der Waals surface area contributed by atoms with Crippen molar-refractivity contribution in [2.24, 2.45) is 5.73 Å². The van der Waals surface area contributed by atoms with Crippen LogP contribution in [0, 0.1) is 0 Å². The molecule has 3 nitrogen and oxygen atoms in total. The van der Waals surface area contributed by atoms with E-state index in [1.165, 1.54) is 0 Å². The quantitative estimate of drug-likeness (QED) is 0.882. The van der Waals surface area contributed by atoms with Gasteiger partial charge in [-0.2, -0.15) is 0 Å². The van der Waals surface area contributed by atoms with E-state index in [9.17, 15) is 4.79 Å². The topological polar surface area (TPSA) is 55.1 Å². The van der Waals surface area contributed by atoms with Crippen LogP contribution < -0.4 is 11.1 Å². The number of rotatable bonds is 4. The maximum absolute atomic E-state index is 11.3. The summed E-state index contributed by atoms with van der Waals surface area (Å²) in [5, 5.41) is 2.79. The molecule has 1 unspecified atom stereocenters. The highest BCUT2D eigenvalue weighted by atomic mass is 79.9. The van der Waals surface area contributed by atoms with Crippen LogP contribution >= 0.6 is 27.3 Å². The Labute approximate surface area is 95.8 Å². The normalized spacial score (nSPS) is 12.5. The lowest BCUT2D eigenvalue weighted by molar-refractivity contribution is -0.122. The maximum atomic E-state index is 11.3. The second-order valence-corrected chi connectivity index (χ2v) is 5.49. The van der Waals surface area contributed by atoms with Gasteiger partial charge in [0.1, 0.15) is 0 Å². The Hall–Kier alpha value is -0.390. The number of carbonyl (C=O) groups excluding carboxylic acids is 1. The third kappa shape index (κ3) is 3.40. The SMILES string of the molecule is CCC(N)C(=O)NCc1ccc(Br)s1. The number of hydrogen-bond acceptors (Lipinski definition) is 3. The lowest BCUT2D eigenvalue weighted by Gasteiger charge is -2.08. The molecule has 1 aromatic rings. The minimum absolute atomic E-state index is 0.0861. The van der Waals surface area contributed by atoms with Crippen molar-refractivity contribution in [3.63, 3.8) is 0 Å². The van der Waals surface area contributed by atoms with Gasteiger partial charge in [0.15, 0.2) is 0 Å². The van der Waals surface area contributed by atoms with Crippen molar-refractivity contribution in [3.05, 3.63) is 20.8 Å². The number of thiophene rings is 1. The van der Waals surface area contributed by atoms with Gasteiger partial charge in [0.05, 0.1) is 16.4 Å². The molecule has 5 heteroatoms. The monoisotopic (exact) mass is 276 g/mol. The van der Waals surface area contributed by atoms with Crippen molar-refractivity contribution in [1.29, 1.82) is 0 Å². The van der Waals surface area contributed by atoms with Crippen molar-refractivity contribution < 1.29 is 4.79 Å². The average Bonchev–Trinajstić information content (AvgIpc) is 2.59. The first-order valence-electron chi connectivity index (χ1n) is 4.41. The highest BCUT2D eigenvalue weighted by molar-refractivity contribution is 9.11. The van der Waals surface area contributed by atoms with Crippen LogP contribution in [0.3, 0.4) is 0 Å². The van der Waals surface area contributed by atoms with E-state index in [1.54, 1.807) is 11.3 Å². The van der Waals surface area contributed by atoms with Gasteiger partial charge in [-0.15, -0.1) is 11.3 Å². The van der Waals surface area contributed by atoms with Gasteiger partial charge in [-0.25, -0.2) is 0 Å². The molecule has 1 amide bonds. The smallest absolute Gasteiger partial charge is 0.237 e. The lowest BCUT2D eigenvalue weighted by atomic mass is 10.2. The molecule has 0 aliphatic carbocycles. The first-order valence-corrected chi connectivity index (χ1v) is 6.02. The van der Waals surface area contributed by atoms with E-state index in [2.05, 4.69) is 21.2 Å². The van der Waals surface area contributed by atoms with E-state index in [4.69, 9.17) is 5.73 Å². The lowest BCUT2D eigenvalue weighted by Crippen LogP contribution is -2.39. The van der Waals surface area contributed by atoms with E-state index >= 15 is 0 Å². The molecule has 1 aromatic heterocycles. The number of hydrogen-bond donors (Lipinski definition) is 2. The Morgan fingerprint density at radius 1 is 1.71 bits per heavy atom. The summed E-state index contributed by atoms with van der Waals surface area (Å²) in [7, 11) is 0. The Balaban J connectivity index is 2.37. The highest BCUT2D eigenvalue weighted by Gasteiger charge is 2.10. The Kier molecular flexibility index (Phi) is 4.57. The molecule has 78 valence electrons. The Morgan fingerprint density at radius 3 is 2.93 bits per heavy atom. The number of halogens is 1. The molecule has 0 saturated heterocycles. The van der Waals surface area contributed by atoms with E-state index in [1.807, 2.05) is 19.1 Å². The molecule has 0 spiro atoms. The minimum atomic E-state index is -0.390. The molecule has 0 saturated carbocycles. The summed E-state index contributed by atoms with van der Waals surface area (Å²) in [6, 6.07) is 3.55. The van der Waals surface area contributed by atoms with Crippen molar-refractivity contribution in [3.8, 4) is 0 Å². The molecular formula is C9H13BrN2OS. The molecule has 1 heterocycles. The molecule has 14 heavy (non-hydrogen) atoms. The van der Waals surface area contributed by atoms with Crippen LogP contribution in [-0.4, -0.2) is 11.9 Å². The van der Waals surface area contributed by atoms with E-state index in [0.29, 0.717) is 13.0 Å². The molecule has 1 atom stereocenters. The minimum Gasteiger partial charge on any atom is -0.350 e. The third-order valence-electron chi connectivity index (χ3n) is 1.84. The first-order chi connectivity index (χ1) is 6.63. The van der Waals surface area contributed by atoms with Gasteiger partial charge in [0.2, 0.25) is 5.91 Å². The van der Waals surface area contributed by atoms with Crippen LogP contribution in [0.4, 0.5) is 0 Å². The van der Waals surface area contributed by atoms with Crippen LogP contribution in [0.25, 0.3) is 0 Å². The van der Waals surface area contributed by atoms with Crippen molar-refractivity contribution >= 4 is 33.2 Å². The second-order valence-electron chi connectivity index (χ2n) is 2.94. The fourth-order valence-corrected chi connectivity index (χ4v) is 2.36. The zero-order valence-corrected chi connectivity index (χ0v) is 10.3. The molecular weight excluding hydrogens is 264 g/mol. The molecule has 0 radical (unpaired) electrons. The summed E-state index contributed by atoms with van der Waals surface area (Å²) in [6.45, 7) is 2.45. The molecule has 3 N–H and O–H groups in total. The summed E-state index contributed by atoms with van der Waals surface area (Å²) in [5.74, 6) is -0.0861. The van der Waals surface area contributed by atoms with Gasteiger partial charge in [0.25, 0.3) is 0 Å². The summed E-state index contributed by atoms with van der Waals surface area (Å²) in [6.07, 6.45) is 0.667. The number of nitrogens with two attached hydrogens (primary N) is 1. The van der Waals surface area contributed by atoms with E-state index < -0.39 is 6.04 Å². The summed E-state index contributed by atoms with van der Waals surface area (Å²) in [4.78, 5) is 12.4. The van der Waals surface area contributed by atoms with Gasteiger partial charge in [-0.1, -0.05) is 6.92 Å². The summed E-state index contributed by atoms with van der Waals surface area (Å²) >= 11 is 4.97. The highest BCUT2D eigenvalue weighted by Crippen LogP contribution is 2.21. The second kappa shape index (κ2) is 5.48. The van der Waals surface area contributed by atoms with Crippen LogP contribution in [-0.2, 0) is 11.3 Å². The maximum Gasteiger partial charge on any atom is 0.237 e. The molecule has 0 bridgehead atoms. The van der Waals surface area contributed by atoms with Crippen molar-refractivity contribution in [2.75, 3.05) is 0 Å². The van der Waals surface area contributed by atoms with Gasteiger partial charge in [0, 0.05) is 4.88 Å². The summed E-state index contributed by atoms with van der Waals surface area (Å²) in [5.41, 5.74) is 5.57. The first kappa shape index (κ1) is 11.7. The van der Waals surface area contributed by atoms with E-state index in [0.717, 1.165) is 8.66 Å². The molecule has 0 aliphatic heterocycles. The number of carbonyl (C=O) groups is 1. The molecule has 0 fully saturated rings. The summed E-state index contributed by atoms with van der Waals surface area (Å²) < 4.78 is 1.07. The molecule has 0 aromatic carbocycles. The zero-order valence-electron chi connectivity index (χ0n) is 7.92. The fraction of sp³-hybridized carbons (Fsp3) is 0.444. The van der Waals surface area contributed by atoms with Gasteiger partial charge >= 0.3 is 0 Å². The van der Waals surface area contributed by atoms with Gasteiger partial charge in [-0.05, 0) is 34.5 Å². The predicted molar refractivity (Wildman–Crippen MR) is 62.1 cm³/mol.